The highest BCUT2D eigenvalue weighted by molar-refractivity contribution is 6.46. The number of methoxy groups -OCH3 is 4. The number of rotatable bonds is 11. The Balaban J connectivity index is 2.17. The molecule has 1 fully saturated rings. The highest BCUT2D eigenvalue weighted by Crippen LogP contribution is 2.45. The molecule has 0 radical (unpaired) electrons. The van der Waals surface area contributed by atoms with E-state index in [-0.39, 0.29) is 24.0 Å². The van der Waals surface area contributed by atoms with Gasteiger partial charge in [-0.15, -0.1) is 0 Å². The van der Waals surface area contributed by atoms with E-state index in [2.05, 4.69) is 0 Å². The largest absolute Gasteiger partial charge is 0.507 e. The standard InChI is InChI=1S/C27H33NO8/c1-16(2)36-19-10-8-17(9-11-19)24(29)22-23(28(12-7-13-32-3)27(31)25(22)30)18-14-20(33-4)26(35-6)21(15-18)34-5/h8-11,14-16,23,29H,7,12-13H2,1-6H3/b24-22+/t23-/m0/s1. The van der Waals surface area contributed by atoms with Crippen LogP contribution in [0.2, 0.25) is 0 Å². The fraction of sp³-hybridized carbons (Fsp3) is 0.407. The summed E-state index contributed by atoms with van der Waals surface area (Å²) in [7, 11) is 6.02. The molecule has 1 heterocycles. The molecular weight excluding hydrogens is 466 g/mol. The highest BCUT2D eigenvalue weighted by atomic mass is 16.5. The van der Waals surface area contributed by atoms with Gasteiger partial charge in [0.1, 0.15) is 11.5 Å². The monoisotopic (exact) mass is 499 g/mol. The summed E-state index contributed by atoms with van der Waals surface area (Å²) in [4.78, 5) is 27.8. The number of amides is 1. The van der Waals surface area contributed by atoms with E-state index in [1.54, 1.807) is 43.5 Å². The Morgan fingerprint density at radius 2 is 1.58 bits per heavy atom. The zero-order valence-corrected chi connectivity index (χ0v) is 21.5. The number of aliphatic hydroxyl groups excluding tert-OH is 1. The average Bonchev–Trinajstić information content (AvgIpc) is 3.12. The van der Waals surface area contributed by atoms with Crippen LogP contribution in [0.1, 0.15) is 37.4 Å². The maximum Gasteiger partial charge on any atom is 0.295 e. The molecule has 9 nitrogen and oxygen atoms in total. The van der Waals surface area contributed by atoms with Crippen LogP contribution in [0.5, 0.6) is 23.0 Å². The maximum atomic E-state index is 13.2. The van der Waals surface area contributed by atoms with Gasteiger partial charge in [-0.1, -0.05) is 0 Å². The van der Waals surface area contributed by atoms with E-state index in [1.807, 2.05) is 13.8 Å². The number of ether oxygens (including phenoxy) is 5. The third-order valence-corrected chi connectivity index (χ3v) is 5.79. The minimum absolute atomic E-state index is 0.0121. The SMILES string of the molecule is COCCCN1C(=O)C(=O)/C(=C(/O)c2ccc(OC(C)C)cc2)[C@@H]1c1cc(OC)c(OC)c(OC)c1. The normalized spacial score (nSPS) is 17.0. The van der Waals surface area contributed by atoms with Gasteiger partial charge in [-0.3, -0.25) is 9.59 Å². The van der Waals surface area contributed by atoms with E-state index < -0.39 is 17.7 Å². The van der Waals surface area contributed by atoms with Crippen LogP contribution >= 0.6 is 0 Å². The van der Waals surface area contributed by atoms with Crippen molar-refractivity contribution in [1.82, 2.24) is 4.90 Å². The predicted molar refractivity (Wildman–Crippen MR) is 134 cm³/mol. The molecule has 1 N–H and O–H groups in total. The number of Topliss-reactive ketones (excluding diaryl/α,β-unsaturated/α-hetero) is 1. The Labute approximate surface area is 211 Å². The number of carbonyl (C=O) groups is 2. The quantitative estimate of drug-likeness (QED) is 0.215. The number of benzene rings is 2. The molecule has 0 aliphatic carbocycles. The number of likely N-dealkylation sites (tertiary alicyclic amines) is 1. The lowest BCUT2D eigenvalue weighted by atomic mass is 9.94. The van der Waals surface area contributed by atoms with Crippen LogP contribution in [0, 0.1) is 0 Å². The van der Waals surface area contributed by atoms with Gasteiger partial charge < -0.3 is 33.7 Å². The summed E-state index contributed by atoms with van der Waals surface area (Å²) in [6.07, 6.45) is 0.494. The number of ketones is 1. The van der Waals surface area contributed by atoms with Gasteiger partial charge in [0, 0.05) is 25.8 Å². The number of hydrogen-bond donors (Lipinski definition) is 1. The lowest BCUT2D eigenvalue weighted by Gasteiger charge is -2.26. The van der Waals surface area contributed by atoms with E-state index >= 15 is 0 Å². The van der Waals surface area contributed by atoms with E-state index in [0.717, 1.165) is 0 Å². The van der Waals surface area contributed by atoms with Gasteiger partial charge >= 0.3 is 0 Å². The molecule has 9 heteroatoms. The topological polar surface area (TPSA) is 104 Å². The number of nitrogens with zero attached hydrogens (tertiary/aromatic N) is 1. The molecule has 2 aromatic rings. The first-order valence-electron chi connectivity index (χ1n) is 11.6. The molecule has 3 rings (SSSR count). The molecule has 1 amide bonds. The summed E-state index contributed by atoms with van der Waals surface area (Å²) in [5.41, 5.74) is 0.894. The molecule has 1 atom stereocenters. The summed E-state index contributed by atoms with van der Waals surface area (Å²) < 4.78 is 27.2. The van der Waals surface area contributed by atoms with Gasteiger partial charge in [0.2, 0.25) is 5.75 Å². The summed E-state index contributed by atoms with van der Waals surface area (Å²) in [6.45, 7) is 4.48. The van der Waals surface area contributed by atoms with Crippen molar-refractivity contribution in [1.29, 1.82) is 0 Å². The van der Waals surface area contributed by atoms with E-state index in [9.17, 15) is 14.7 Å². The van der Waals surface area contributed by atoms with Gasteiger partial charge in [0.05, 0.1) is 39.0 Å². The smallest absolute Gasteiger partial charge is 0.295 e. The minimum Gasteiger partial charge on any atom is -0.507 e. The van der Waals surface area contributed by atoms with Crippen molar-refractivity contribution in [2.75, 3.05) is 41.6 Å². The third kappa shape index (κ3) is 5.41. The Bertz CT molecular complexity index is 1100. The van der Waals surface area contributed by atoms with E-state index in [4.69, 9.17) is 23.7 Å². The van der Waals surface area contributed by atoms with Crippen LogP contribution in [-0.2, 0) is 14.3 Å². The number of carbonyl (C=O) groups excluding carboxylic acids is 2. The Kier molecular flexibility index (Phi) is 8.82. The Hall–Kier alpha value is -3.72. The van der Waals surface area contributed by atoms with Crippen molar-refractivity contribution < 1.29 is 38.4 Å². The summed E-state index contributed by atoms with van der Waals surface area (Å²) >= 11 is 0. The molecule has 194 valence electrons. The van der Waals surface area contributed by atoms with Crippen molar-refractivity contribution in [3.63, 3.8) is 0 Å². The summed E-state index contributed by atoms with van der Waals surface area (Å²) in [6, 6.07) is 9.19. The molecule has 0 saturated carbocycles. The van der Waals surface area contributed by atoms with Gasteiger partial charge in [-0.25, -0.2) is 0 Å². The van der Waals surface area contributed by atoms with Gasteiger partial charge in [0.25, 0.3) is 11.7 Å². The Morgan fingerprint density at radius 1 is 0.972 bits per heavy atom. The zero-order chi connectivity index (χ0) is 26.4. The second kappa shape index (κ2) is 11.8. The zero-order valence-electron chi connectivity index (χ0n) is 21.5. The van der Waals surface area contributed by atoms with Gasteiger partial charge in [-0.05, 0) is 62.2 Å². The van der Waals surface area contributed by atoms with Crippen LogP contribution in [0.3, 0.4) is 0 Å². The third-order valence-electron chi connectivity index (χ3n) is 5.79. The first-order chi connectivity index (χ1) is 17.3. The molecule has 1 aliphatic heterocycles. The van der Waals surface area contributed by atoms with Crippen molar-refractivity contribution in [3.8, 4) is 23.0 Å². The average molecular weight is 500 g/mol. The summed E-state index contributed by atoms with van der Waals surface area (Å²) in [5.74, 6) is -0.0209. The van der Waals surface area contributed by atoms with E-state index in [1.165, 1.54) is 26.2 Å². The molecular formula is C27H33NO8. The number of aliphatic hydroxyl groups is 1. The molecule has 1 saturated heterocycles. The molecule has 1 aliphatic rings. The maximum absolute atomic E-state index is 13.2. The second-order valence-corrected chi connectivity index (χ2v) is 8.49. The molecule has 0 spiro atoms. The molecule has 36 heavy (non-hydrogen) atoms. The first-order valence-corrected chi connectivity index (χ1v) is 11.6. The van der Waals surface area contributed by atoms with Crippen molar-refractivity contribution in [2.45, 2.75) is 32.4 Å². The molecule has 0 unspecified atom stereocenters. The van der Waals surface area contributed by atoms with Crippen molar-refractivity contribution in [3.05, 3.63) is 53.1 Å². The fourth-order valence-electron chi connectivity index (χ4n) is 4.21. The van der Waals surface area contributed by atoms with Crippen LogP contribution in [0.4, 0.5) is 0 Å². The van der Waals surface area contributed by atoms with Crippen LogP contribution in [-0.4, -0.2) is 69.4 Å². The van der Waals surface area contributed by atoms with Gasteiger partial charge in [0.15, 0.2) is 11.5 Å². The lowest BCUT2D eigenvalue weighted by molar-refractivity contribution is -0.140. The van der Waals surface area contributed by atoms with E-state index in [0.29, 0.717) is 47.2 Å². The second-order valence-electron chi connectivity index (χ2n) is 8.49. The lowest BCUT2D eigenvalue weighted by Crippen LogP contribution is -2.31. The highest BCUT2D eigenvalue weighted by Gasteiger charge is 2.46. The fourth-order valence-corrected chi connectivity index (χ4v) is 4.21. The van der Waals surface area contributed by atoms with Crippen molar-refractivity contribution in [2.24, 2.45) is 0 Å². The minimum atomic E-state index is -0.873. The van der Waals surface area contributed by atoms with Gasteiger partial charge in [-0.2, -0.15) is 0 Å². The summed E-state index contributed by atoms with van der Waals surface area (Å²) in [5, 5.41) is 11.3. The first kappa shape index (κ1) is 26.9. The van der Waals surface area contributed by atoms with Crippen LogP contribution in [0.25, 0.3) is 5.76 Å². The molecule has 2 aromatic carbocycles. The van der Waals surface area contributed by atoms with Crippen LogP contribution < -0.4 is 18.9 Å². The van der Waals surface area contributed by atoms with Crippen LogP contribution in [0.15, 0.2) is 42.0 Å². The number of hydrogen-bond acceptors (Lipinski definition) is 8. The molecule has 0 aromatic heterocycles. The molecule has 0 bridgehead atoms. The predicted octanol–water partition coefficient (Wildman–Crippen LogP) is 3.96. The Morgan fingerprint density at radius 3 is 2.08 bits per heavy atom. The van der Waals surface area contributed by atoms with Crippen molar-refractivity contribution >= 4 is 17.4 Å².